The largest absolute Gasteiger partial charge is 0.493 e. The van der Waals surface area contributed by atoms with Gasteiger partial charge in [0.25, 0.3) is 0 Å². The molecule has 1 aromatic carbocycles. The molecule has 0 radical (unpaired) electrons. The number of ether oxygens (including phenoxy) is 1. The second-order valence-corrected chi connectivity index (χ2v) is 7.57. The summed E-state index contributed by atoms with van der Waals surface area (Å²) in [6, 6.07) is 10.5. The van der Waals surface area contributed by atoms with Gasteiger partial charge < -0.3 is 20.3 Å². The first-order chi connectivity index (χ1) is 14.3. The molecule has 2 unspecified atom stereocenters. The average Bonchev–Trinajstić information content (AvgIpc) is 2.78. The summed E-state index contributed by atoms with van der Waals surface area (Å²) in [4.78, 5) is 16.0. The van der Waals surface area contributed by atoms with Gasteiger partial charge in [-0.25, -0.2) is 9.97 Å². The van der Waals surface area contributed by atoms with Crippen molar-refractivity contribution in [3.63, 3.8) is 0 Å². The molecule has 2 N–H and O–H groups in total. The minimum absolute atomic E-state index is 0. The van der Waals surface area contributed by atoms with Crippen LogP contribution in [0.15, 0.2) is 47.7 Å². The second kappa shape index (κ2) is 11.3. The van der Waals surface area contributed by atoms with Crippen molar-refractivity contribution in [2.45, 2.75) is 38.1 Å². The molecule has 0 bridgehead atoms. The highest BCUT2D eigenvalue weighted by molar-refractivity contribution is 14.0. The molecule has 30 heavy (non-hydrogen) atoms. The van der Waals surface area contributed by atoms with Gasteiger partial charge in [0.2, 0.25) is 5.95 Å². The van der Waals surface area contributed by atoms with Gasteiger partial charge in [-0.15, -0.1) is 24.0 Å². The SMILES string of the molecule is CCNC(=NCC1CCOc2ccccc21)NC1CCCN(c2ncccn2)C1.I. The molecule has 7 nitrogen and oxygen atoms in total. The fraction of sp³-hybridized carbons (Fsp3) is 0.500. The summed E-state index contributed by atoms with van der Waals surface area (Å²) in [5.74, 6) is 3.09. The van der Waals surface area contributed by atoms with E-state index in [1.807, 2.05) is 12.1 Å². The van der Waals surface area contributed by atoms with Crippen LogP contribution in [-0.4, -0.2) is 54.8 Å². The van der Waals surface area contributed by atoms with Crippen LogP contribution in [0.3, 0.4) is 0 Å². The van der Waals surface area contributed by atoms with Crippen LogP contribution in [0.4, 0.5) is 5.95 Å². The number of benzene rings is 1. The summed E-state index contributed by atoms with van der Waals surface area (Å²) in [7, 11) is 0. The Morgan fingerprint density at radius 2 is 2.03 bits per heavy atom. The third kappa shape index (κ3) is 5.74. The molecule has 1 saturated heterocycles. The van der Waals surface area contributed by atoms with E-state index in [-0.39, 0.29) is 24.0 Å². The number of aromatic nitrogens is 2. The van der Waals surface area contributed by atoms with Gasteiger partial charge in [0.1, 0.15) is 5.75 Å². The summed E-state index contributed by atoms with van der Waals surface area (Å²) in [6.07, 6.45) is 6.84. The highest BCUT2D eigenvalue weighted by Gasteiger charge is 2.23. The molecule has 2 aliphatic rings. The maximum absolute atomic E-state index is 5.79. The highest BCUT2D eigenvalue weighted by atomic mass is 127. The third-order valence-corrected chi connectivity index (χ3v) is 5.49. The van der Waals surface area contributed by atoms with Crippen LogP contribution in [0.25, 0.3) is 0 Å². The molecule has 2 aliphatic heterocycles. The van der Waals surface area contributed by atoms with E-state index in [1.165, 1.54) is 5.56 Å². The van der Waals surface area contributed by atoms with Gasteiger partial charge in [-0.2, -0.15) is 0 Å². The number of para-hydroxylation sites is 1. The van der Waals surface area contributed by atoms with Gasteiger partial charge in [-0.3, -0.25) is 4.99 Å². The van der Waals surface area contributed by atoms with Crippen LogP contribution >= 0.6 is 24.0 Å². The number of guanidine groups is 1. The summed E-state index contributed by atoms with van der Waals surface area (Å²) in [5.41, 5.74) is 1.27. The molecule has 1 fully saturated rings. The number of hydrogen-bond donors (Lipinski definition) is 2. The van der Waals surface area contributed by atoms with Crippen molar-refractivity contribution in [1.29, 1.82) is 0 Å². The van der Waals surface area contributed by atoms with E-state index in [9.17, 15) is 0 Å². The molecular weight excluding hydrogens is 491 g/mol. The number of rotatable bonds is 5. The average molecular weight is 522 g/mol. The van der Waals surface area contributed by atoms with Crippen LogP contribution in [0.2, 0.25) is 0 Å². The summed E-state index contributed by atoms with van der Waals surface area (Å²) in [6.45, 7) is 6.34. The topological polar surface area (TPSA) is 74.7 Å². The zero-order chi connectivity index (χ0) is 19.9. The lowest BCUT2D eigenvalue weighted by atomic mass is 9.93. The van der Waals surface area contributed by atoms with E-state index < -0.39 is 0 Å². The van der Waals surface area contributed by atoms with Crippen LogP contribution in [-0.2, 0) is 0 Å². The summed E-state index contributed by atoms with van der Waals surface area (Å²) >= 11 is 0. The Labute approximate surface area is 195 Å². The van der Waals surface area contributed by atoms with Gasteiger partial charge in [0.15, 0.2) is 5.96 Å². The number of hydrogen-bond acceptors (Lipinski definition) is 5. The van der Waals surface area contributed by atoms with Crippen LogP contribution in [0.5, 0.6) is 5.75 Å². The van der Waals surface area contributed by atoms with Gasteiger partial charge in [0, 0.05) is 50.5 Å². The van der Waals surface area contributed by atoms with Crippen molar-refractivity contribution in [3.8, 4) is 5.75 Å². The van der Waals surface area contributed by atoms with Crippen LogP contribution in [0.1, 0.15) is 37.7 Å². The first-order valence-electron chi connectivity index (χ1n) is 10.6. The first-order valence-corrected chi connectivity index (χ1v) is 10.6. The fourth-order valence-electron chi connectivity index (χ4n) is 4.05. The van der Waals surface area contributed by atoms with E-state index in [2.05, 4.69) is 50.6 Å². The second-order valence-electron chi connectivity index (χ2n) is 7.57. The molecule has 0 saturated carbocycles. The lowest BCUT2D eigenvalue weighted by molar-refractivity contribution is 0.269. The maximum Gasteiger partial charge on any atom is 0.225 e. The molecule has 0 spiro atoms. The smallest absolute Gasteiger partial charge is 0.225 e. The summed E-state index contributed by atoms with van der Waals surface area (Å²) in [5, 5.41) is 7.04. The van der Waals surface area contributed by atoms with E-state index in [1.54, 1.807) is 12.4 Å². The zero-order valence-corrected chi connectivity index (χ0v) is 19.8. The Bertz CT molecular complexity index is 818. The third-order valence-electron chi connectivity index (χ3n) is 5.49. The number of fused-ring (bicyclic) bond motifs is 1. The van der Waals surface area contributed by atoms with Crippen LogP contribution in [0, 0.1) is 0 Å². The molecular formula is C22H31IN6O. The number of halogens is 1. The number of aliphatic imine (C=N–C) groups is 1. The predicted octanol–water partition coefficient (Wildman–Crippen LogP) is 3.18. The highest BCUT2D eigenvalue weighted by Crippen LogP contribution is 2.33. The van der Waals surface area contributed by atoms with E-state index in [0.29, 0.717) is 12.0 Å². The number of piperidine rings is 1. The van der Waals surface area contributed by atoms with Crippen molar-refractivity contribution < 1.29 is 4.74 Å². The van der Waals surface area contributed by atoms with Gasteiger partial charge >= 0.3 is 0 Å². The Morgan fingerprint density at radius 1 is 1.20 bits per heavy atom. The van der Waals surface area contributed by atoms with Gasteiger partial charge in [-0.05, 0) is 43.9 Å². The lowest BCUT2D eigenvalue weighted by Gasteiger charge is -2.34. The quantitative estimate of drug-likeness (QED) is 0.357. The zero-order valence-electron chi connectivity index (χ0n) is 17.5. The molecule has 2 aromatic rings. The monoisotopic (exact) mass is 522 g/mol. The Morgan fingerprint density at radius 3 is 2.87 bits per heavy atom. The van der Waals surface area contributed by atoms with Crippen LogP contribution < -0.4 is 20.3 Å². The molecule has 2 atom stereocenters. The number of nitrogens with one attached hydrogen (secondary N) is 2. The number of anilines is 1. The Balaban J connectivity index is 0.00000256. The molecule has 3 heterocycles. The lowest BCUT2D eigenvalue weighted by Crippen LogP contribution is -2.51. The molecule has 0 amide bonds. The normalized spacial score (nSPS) is 21.1. The molecule has 4 rings (SSSR count). The van der Waals surface area contributed by atoms with E-state index in [4.69, 9.17) is 9.73 Å². The van der Waals surface area contributed by atoms with Gasteiger partial charge in [-0.1, -0.05) is 18.2 Å². The molecule has 0 aliphatic carbocycles. The number of nitrogens with zero attached hydrogens (tertiary/aromatic N) is 4. The standard InChI is InChI=1S/C22H30N6O.HI/c1-2-23-21(26-15-17-10-14-29-20-9-4-3-8-19(17)20)27-18-7-5-13-28(16-18)22-24-11-6-12-25-22;/h3-4,6,8-9,11-12,17-18H,2,5,7,10,13-16H2,1H3,(H2,23,26,27);1H. The van der Waals surface area contributed by atoms with Gasteiger partial charge in [0.05, 0.1) is 6.61 Å². The fourth-order valence-corrected chi connectivity index (χ4v) is 4.05. The minimum atomic E-state index is 0. The molecule has 162 valence electrons. The summed E-state index contributed by atoms with van der Waals surface area (Å²) < 4.78 is 5.79. The Hall–Kier alpha value is -2.10. The maximum atomic E-state index is 5.79. The van der Waals surface area contributed by atoms with Crippen molar-refractivity contribution in [2.24, 2.45) is 4.99 Å². The van der Waals surface area contributed by atoms with Crippen molar-refractivity contribution in [2.75, 3.05) is 37.7 Å². The molecule has 1 aromatic heterocycles. The van der Waals surface area contributed by atoms with Crippen molar-refractivity contribution in [3.05, 3.63) is 48.3 Å². The van der Waals surface area contributed by atoms with E-state index >= 15 is 0 Å². The predicted molar refractivity (Wildman–Crippen MR) is 131 cm³/mol. The first kappa shape index (κ1) is 22.6. The van der Waals surface area contributed by atoms with E-state index in [0.717, 1.165) is 69.7 Å². The Kier molecular flexibility index (Phi) is 8.53. The van der Waals surface area contributed by atoms with Crippen molar-refractivity contribution in [1.82, 2.24) is 20.6 Å². The minimum Gasteiger partial charge on any atom is -0.493 e. The van der Waals surface area contributed by atoms with Crippen molar-refractivity contribution >= 4 is 35.9 Å². The molecule has 8 heteroatoms.